The monoisotopic (exact) mass is 227 g/mol. The molecule has 92 valence electrons. The van der Waals surface area contributed by atoms with Gasteiger partial charge in [0.25, 0.3) is 0 Å². The van der Waals surface area contributed by atoms with Crippen LogP contribution in [0.3, 0.4) is 0 Å². The van der Waals surface area contributed by atoms with E-state index in [0.717, 1.165) is 13.0 Å². The molecule has 1 heterocycles. The van der Waals surface area contributed by atoms with Crippen LogP contribution >= 0.6 is 0 Å². The van der Waals surface area contributed by atoms with Crippen LogP contribution in [0.15, 0.2) is 4.99 Å². The quantitative estimate of drug-likeness (QED) is 0.255. The molecule has 0 aliphatic carbocycles. The second kappa shape index (κ2) is 5.69. The highest BCUT2D eigenvalue weighted by Gasteiger charge is 2.30. The average Bonchev–Trinajstić information content (AvgIpc) is 2.25. The van der Waals surface area contributed by atoms with E-state index in [-0.39, 0.29) is 18.0 Å². The van der Waals surface area contributed by atoms with Crippen LogP contribution < -0.4 is 16.6 Å². The zero-order valence-corrected chi connectivity index (χ0v) is 10.2. The van der Waals surface area contributed by atoms with Gasteiger partial charge in [-0.3, -0.25) is 10.2 Å². The number of rotatable bonds is 2. The second-order valence-electron chi connectivity index (χ2n) is 4.10. The lowest BCUT2D eigenvalue weighted by atomic mass is 10.1. The minimum Gasteiger partial charge on any atom is -0.353 e. The molecular formula is C10H21N5O. The van der Waals surface area contributed by atoms with Crippen molar-refractivity contribution in [2.24, 2.45) is 10.8 Å². The lowest BCUT2D eigenvalue weighted by Gasteiger charge is -2.36. The van der Waals surface area contributed by atoms with Gasteiger partial charge in [0.05, 0.1) is 0 Å². The summed E-state index contributed by atoms with van der Waals surface area (Å²) in [5.74, 6) is 6.10. The van der Waals surface area contributed by atoms with Gasteiger partial charge in [-0.15, -0.1) is 0 Å². The molecule has 1 unspecified atom stereocenters. The molecule has 0 saturated carbocycles. The van der Waals surface area contributed by atoms with E-state index in [2.05, 4.69) is 15.7 Å². The summed E-state index contributed by atoms with van der Waals surface area (Å²) in [5.41, 5.74) is 2.58. The fourth-order valence-corrected chi connectivity index (χ4v) is 1.81. The van der Waals surface area contributed by atoms with E-state index in [1.165, 1.54) is 0 Å². The summed E-state index contributed by atoms with van der Waals surface area (Å²) >= 11 is 0. The highest BCUT2D eigenvalue weighted by molar-refractivity contribution is 5.89. The van der Waals surface area contributed by atoms with E-state index >= 15 is 0 Å². The summed E-state index contributed by atoms with van der Waals surface area (Å²) in [6.07, 6.45) is 0.741. The Labute approximate surface area is 96.2 Å². The molecule has 1 amide bonds. The molecule has 0 aromatic heterocycles. The third-order valence-electron chi connectivity index (χ3n) is 2.50. The first-order valence-corrected chi connectivity index (χ1v) is 5.68. The maximum atomic E-state index is 11.7. The number of hydrazine groups is 1. The molecule has 1 aliphatic rings. The molecule has 4 N–H and O–H groups in total. The van der Waals surface area contributed by atoms with Crippen molar-refractivity contribution in [3.05, 3.63) is 0 Å². The van der Waals surface area contributed by atoms with Crippen LogP contribution in [0.1, 0.15) is 27.2 Å². The molecule has 6 nitrogen and oxygen atoms in total. The number of carbonyl (C=O) groups is 1. The minimum absolute atomic E-state index is 0.0421. The van der Waals surface area contributed by atoms with Crippen LogP contribution in [0.5, 0.6) is 0 Å². The van der Waals surface area contributed by atoms with Crippen molar-refractivity contribution >= 4 is 11.9 Å². The van der Waals surface area contributed by atoms with E-state index in [0.29, 0.717) is 12.5 Å². The third-order valence-corrected chi connectivity index (χ3v) is 2.50. The Balaban J connectivity index is 2.85. The Kier molecular flexibility index (Phi) is 4.54. The SMILES string of the molecule is CCC1C(=O)NCCN1C(=NC(C)C)NN. The molecule has 6 heteroatoms. The normalized spacial score (nSPS) is 22.3. The number of nitrogens with zero attached hydrogens (tertiary/aromatic N) is 2. The van der Waals surface area contributed by atoms with Crippen molar-refractivity contribution in [1.29, 1.82) is 0 Å². The summed E-state index contributed by atoms with van der Waals surface area (Å²) < 4.78 is 0. The first kappa shape index (κ1) is 12.8. The van der Waals surface area contributed by atoms with E-state index in [4.69, 9.17) is 5.84 Å². The lowest BCUT2D eigenvalue weighted by Crippen LogP contribution is -2.60. The maximum absolute atomic E-state index is 11.7. The number of nitrogens with one attached hydrogen (secondary N) is 2. The Hall–Kier alpha value is -1.30. The molecule has 1 saturated heterocycles. The lowest BCUT2D eigenvalue weighted by molar-refractivity contribution is -0.127. The van der Waals surface area contributed by atoms with Crippen molar-refractivity contribution in [3.8, 4) is 0 Å². The smallest absolute Gasteiger partial charge is 0.242 e. The second-order valence-corrected chi connectivity index (χ2v) is 4.10. The van der Waals surface area contributed by atoms with Crippen LogP contribution in [0.4, 0.5) is 0 Å². The predicted octanol–water partition coefficient (Wildman–Crippen LogP) is -0.575. The van der Waals surface area contributed by atoms with E-state index in [1.54, 1.807) is 0 Å². The van der Waals surface area contributed by atoms with Gasteiger partial charge in [0, 0.05) is 19.1 Å². The summed E-state index contributed by atoms with van der Waals surface area (Å²) in [5, 5.41) is 2.84. The molecule has 1 atom stereocenters. The third kappa shape index (κ3) is 2.85. The number of amides is 1. The number of hydrogen-bond acceptors (Lipinski definition) is 3. The summed E-state index contributed by atoms with van der Waals surface area (Å²) in [4.78, 5) is 18.0. The van der Waals surface area contributed by atoms with Crippen LogP contribution in [0.25, 0.3) is 0 Å². The highest BCUT2D eigenvalue weighted by Crippen LogP contribution is 2.09. The highest BCUT2D eigenvalue weighted by atomic mass is 16.2. The molecule has 0 spiro atoms. The Bertz CT molecular complexity index is 276. The molecule has 1 aliphatic heterocycles. The van der Waals surface area contributed by atoms with Gasteiger partial charge < -0.3 is 10.2 Å². The van der Waals surface area contributed by atoms with Crippen LogP contribution in [-0.2, 0) is 4.79 Å². The number of nitrogens with two attached hydrogens (primary N) is 1. The zero-order chi connectivity index (χ0) is 12.1. The number of piperazine rings is 1. The van der Waals surface area contributed by atoms with Gasteiger partial charge in [0.1, 0.15) is 6.04 Å². The number of aliphatic imine (C=N–C) groups is 1. The molecule has 1 rings (SSSR count). The molecular weight excluding hydrogens is 206 g/mol. The zero-order valence-electron chi connectivity index (χ0n) is 10.2. The van der Waals surface area contributed by atoms with Crippen molar-refractivity contribution in [1.82, 2.24) is 15.6 Å². The molecule has 0 bridgehead atoms. The number of hydrogen-bond donors (Lipinski definition) is 3. The van der Waals surface area contributed by atoms with Crippen LogP contribution in [0, 0.1) is 0 Å². The van der Waals surface area contributed by atoms with Crippen LogP contribution in [0.2, 0.25) is 0 Å². The summed E-state index contributed by atoms with van der Waals surface area (Å²) in [7, 11) is 0. The Morgan fingerprint density at radius 1 is 1.75 bits per heavy atom. The van der Waals surface area contributed by atoms with Crippen molar-refractivity contribution < 1.29 is 4.79 Å². The largest absolute Gasteiger partial charge is 0.353 e. The van der Waals surface area contributed by atoms with Gasteiger partial charge in [-0.05, 0) is 20.3 Å². The van der Waals surface area contributed by atoms with Gasteiger partial charge in [-0.1, -0.05) is 6.92 Å². The summed E-state index contributed by atoms with van der Waals surface area (Å²) in [6.45, 7) is 7.30. The fraction of sp³-hybridized carbons (Fsp3) is 0.800. The van der Waals surface area contributed by atoms with E-state index in [9.17, 15) is 4.79 Å². The van der Waals surface area contributed by atoms with Crippen LogP contribution in [-0.4, -0.2) is 41.9 Å². The maximum Gasteiger partial charge on any atom is 0.242 e. The average molecular weight is 227 g/mol. The van der Waals surface area contributed by atoms with E-state index < -0.39 is 0 Å². The minimum atomic E-state index is -0.178. The summed E-state index contributed by atoms with van der Waals surface area (Å²) in [6, 6.07) is -0.0316. The molecule has 0 radical (unpaired) electrons. The standard InChI is InChI=1S/C10H21N5O/c1-4-8-9(16)12-5-6-15(8)10(14-11)13-7(2)3/h7-8H,4-6,11H2,1-3H3,(H,12,16)(H,13,14). The molecule has 16 heavy (non-hydrogen) atoms. The van der Waals surface area contributed by atoms with Gasteiger partial charge in [0.15, 0.2) is 0 Å². The Morgan fingerprint density at radius 3 is 2.94 bits per heavy atom. The first-order chi connectivity index (χ1) is 7.60. The van der Waals surface area contributed by atoms with Crippen molar-refractivity contribution in [2.45, 2.75) is 39.3 Å². The number of carbonyl (C=O) groups excluding carboxylic acids is 1. The van der Waals surface area contributed by atoms with Gasteiger partial charge in [-0.2, -0.15) is 0 Å². The van der Waals surface area contributed by atoms with Gasteiger partial charge in [-0.25, -0.2) is 10.8 Å². The molecule has 0 aromatic carbocycles. The van der Waals surface area contributed by atoms with Crippen molar-refractivity contribution in [2.75, 3.05) is 13.1 Å². The number of guanidine groups is 1. The van der Waals surface area contributed by atoms with E-state index in [1.807, 2.05) is 25.7 Å². The molecule has 0 aromatic rings. The van der Waals surface area contributed by atoms with Gasteiger partial charge >= 0.3 is 0 Å². The van der Waals surface area contributed by atoms with Gasteiger partial charge in [0.2, 0.25) is 11.9 Å². The first-order valence-electron chi connectivity index (χ1n) is 5.68. The predicted molar refractivity (Wildman–Crippen MR) is 63.7 cm³/mol. The Morgan fingerprint density at radius 2 is 2.44 bits per heavy atom. The van der Waals surface area contributed by atoms with Crippen molar-refractivity contribution in [3.63, 3.8) is 0 Å². The fourth-order valence-electron chi connectivity index (χ4n) is 1.81. The topological polar surface area (TPSA) is 82.8 Å². The molecule has 1 fully saturated rings.